The highest BCUT2D eigenvalue weighted by Crippen LogP contribution is 2.31. The van der Waals surface area contributed by atoms with Gasteiger partial charge in [-0.15, -0.1) is 0 Å². The molecule has 30 heavy (non-hydrogen) atoms. The molecule has 0 radical (unpaired) electrons. The second-order valence-corrected chi connectivity index (χ2v) is 6.20. The van der Waals surface area contributed by atoms with Crippen LogP contribution in [0.1, 0.15) is 11.1 Å². The maximum atomic E-state index is 5.43. The fourth-order valence-corrected chi connectivity index (χ4v) is 2.94. The van der Waals surface area contributed by atoms with Crippen molar-refractivity contribution < 1.29 is 18.9 Å². The quantitative estimate of drug-likeness (QED) is 0.483. The molecule has 6 heteroatoms. The van der Waals surface area contributed by atoms with Crippen LogP contribution in [0.4, 0.5) is 11.4 Å². The predicted molar refractivity (Wildman–Crippen MR) is 120 cm³/mol. The minimum Gasteiger partial charge on any atom is -0.493 e. The van der Waals surface area contributed by atoms with Crippen molar-refractivity contribution in [2.45, 2.75) is 0 Å². The second-order valence-electron chi connectivity index (χ2n) is 6.20. The first-order valence-electron chi connectivity index (χ1n) is 9.30. The number of rotatable bonds is 8. The molecular formula is C24H24N2O4. The normalized spacial score (nSPS) is 11.1. The molecule has 0 heterocycles. The molecule has 0 fully saturated rings. The Morgan fingerprint density at radius 2 is 0.933 bits per heavy atom. The number of methoxy groups -OCH3 is 4. The van der Waals surface area contributed by atoms with Crippen LogP contribution in [0.2, 0.25) is 0 Å². The van der Waals surface area contributed by atoms with E-state index in [2.05, 4.69) is 9.98 Å². The van der Waals surface area contributed by atoms with Gasteiger partial charge in [0.05, 0.1) is 39.8 Å². The van der Waals surface area contributed by atoms with Gasteiger partial charge in [0.2, 0.25) is 0 Å². The first kappa shape index (κ1) is 20.9. The van der Waals surface area contributed by atoms with Gasteiger partial charge >= 0.3 is 0 Å². The van der Waals surface area contributed by atoms with Crippen LogP contribution in [0.5, 0.6) is 23.0 Å². The Morgan fingerprint density at radius 3 is 1.27 bits per heavy atom. The number of benzene rings is 3. The molecule has 0 aromatic heterocycles. The van der Waals surface area contributed by atoms with E-state index in [1.807, 2.05) is 60.7 Å². The molecule has 0 spiro atoms. The van der Waals surface area contributed by atoms with Crippen molar-refractivity contribution >= 4 is 23.8 Å². The summed E-state index contributed by atoms with van der Waals surface area (Å²) in [5.74, 6) is 2.63. The van der Waals surface area contributed by atoms with Gasteiger partial charge in [0, 0.05) is 23.6 Å². The third-order valence-corrected chi connectivity index (χ3v) is 4.42. The van der Waals surface area contributed by atoms with E-state index in [1.165, 1.54) is 0 Å². The van der Waals surface area contributed by atoms with Crippen LogP contribution >= 0.6 is 0 Å². The van der Waals surface area contributed by atoms with E-state index in [0.717, 1.165) is 22.5 Å². The average molecular weight is 404 g/mol. The number of para-hydroxylation sites is 2. The van der Waals surface area contributed by atoms with E-state index in [9.17, 15) is 0 Å². The number of hydrogen-bond donors (Lipinski definition) is 0. The van der Waals surface area contributed by atoms with Gasteiger partial charge < -0.3 is 18.9 Å². The first-order valence-corrected chi connectivity index (χ1v) is 9.30. The van der Waals surface area contributed by atoms with Crippen molar-refractivity contribution in [3.8, 4) is 23.0 Å². The number of hydrogen-bond acceptors (Lipinski definition) is 6. The van der Waals surface area contributed by atoms with Crippen LogP contribution < -0.4 is 18.9 Å². The lowest BCUT2D eigenvalue weighted by molar-refractivity contribution is 0.354. The van der Waals surface area contributed by atoms with Crippen LogP contribution in [0.15, 0.2) is 70.6 Å². The highest BCUT2D eigenvalue weighted by Gasteiger charge is 2.08. The fourth-order valence-electron chi connectivity index (χ4n) is 2.94. The lowest BCUT2D eigenvalue weighted by Gasteiger charge is -2.09. The van der Waals surface area contributed by atoms with Gasteiger partial charge in [-0.1, -0.05) is 12.1 Å². The first-order chi connectivity index (χ1) is 14.7. The Balaban J connectivity index is 1.77. The maximum Gasteiger partial charge on any atom is 0.169 e. The van der Waals surface area contributed by atoms with Gasteiger partial charge in [0.15, 0.2) is 23.0 Å². The highest BCUT2D eigenvalue weighted by atomic mass is 16.5. The van der Waals surface area contributed by atoms with Gasteiger partial charge in [-0.05, 0) is 48.5 Å². The van der Waals surface area contributed by atoms with Crippen molar-refractivity contribution in [1.29, 1.82) is 0 Å². The molecule has 0 aliphatic rings. The molecule has 3 rings (SSSR count). The van der Waals surface area contributed by atoms with Crippen LogP contribution in [-0.2, 0) is 0 Å². The highest BCUT2D eigenvalue weighted by molar-refractivity contribution is 5.88. The van der Waals surface area contributed by atoms with Crippen molar-refractivity contribution in [2.75, 3.05) is 28.4 Å². The summed E-state index contributed by atoms with van der Waals surface area (Å²) in [5, 5.41) is 0. The molecule has 0 saturated carbocycles. The molecule has 0 N–H and O–H groups in total. The monoisotopic (exact) mass is 404 g/mol. The molecule has 3 aromatic carbocycles. The fraction of sp³-hybridized carbons (Fsp3) is 0.167. The van der Waals surface area contributed by atoms with Crippen LogP contribution in [-0.4, -0.2) is 40.9 Å². The molecule has 0 aliphatic carbocycles. The van der Waals surface area contributed by atoms with Gasteiger partial charge in [-0.3, -0.25) is 9.98 Å². The average Bonchev–Trinajstić information content (AvgIpc) is 2.81. The smallest absolute Gasteiger partial charge is 0.169 e. The van der Waals surface area contributed by atoms with E-state index >= 15 is 0 Å². The van der Waals surface area contributed by atoms with Gasteiger partial charge in [0.25, 0.3) is 0 Å². The Labute approximate surface area is 176 Å². The third kappa shape index (κ3) is 4.78. The molecule has 3 aromatic rings. The lowest BCUT2D eigenvalue weighted by Crippen LogP contribution is -1.95. The summed E-state index contributed by atoms with van der Waals surface area (Å²) in [7, 11) is 6.44. The number of nitrogens with zero attached hydrogens (tertiary/aromatic N) is 2. The Kier molecular flexibility index (Phi) is 7.05. The summed E-state index contributed by atoms with van der Waals surface area (Å²) >= 11 is 0. The van der Waals surface area contributed by atoms with Crippen LogP contribution in [0.25, 0.3) is 0 Å². The third-order valence-electron chi connectivity index (χ3n) is 4.42. The SMILES string of the molecule is COc1cccc(C=Nc2ccc(N=Cc3cccc(OC)c3OC)cc2)c1OC. The summed E-state index contributed by atoms with van der Waals surface area (Å²) < 4.78 is 21.5. The molecule has 0 saturated heterocycles. The van der Waals surface area contributed by atoms with E-state index in [0.29, 0.717) is 23.0 Å². The molecule has 0 amide bonds. The second kappa shape index (κ2) is 10.1. The molecule has 0 bridgehead atoms. The summed E-state index contributed by atoms with van der Waals surface area (Å²) in [6.07, 6.45) is 3.50. The number of aliphatic imine (C=N–C) groups is 2. The summed E-state index contributed by atoms with van der Waals surface area (Å²) in [5.41, 5.74) is 3.28. The van der Waals surface area contributed by atoms with Crippen LogP contribution in [0, 0.1) is 0 Å². The summed E-state index contributed by atoms with van der Waals surface area (Å²) in [6, 6.07) is 18.9. The van der Waals surface area contributed by atoms with E-state index in [4.69, 9.17) is 18.9 Å². The van der Waals surface area contributed by atoms with Crippen molar-refractivity contribution in [1.82, 2.24) is 0 Å². The zero-order valence-corrected chi connectivity index (χ0v) is 17.5. The maximum absolute atomic E-state index is 5.43. The molecule has 6 nitrogen and oxygen atoms in total. The predicted octanol–water partition coefficient (Wildman–Crippen LogP) is 5.22. The zero-order valence-electron chi connectivity index (χ0n) is 17.5. The Hall–Kier alpha value is -3.80. The van der Waals surface area contributed by atoms with Crippen LogP contribution in [0.3, 0.4) is 0 Å². The standard InChI is InChI=1S/C24H24N2O4/c1-27-21-9-5-7-17(23(21)29-3)15-25-19-11-13-20(14-12-19)26-16-18-8-6-10-22(28-2)24(18)30-4/h5-16H,1-4H3. The Bertz CT molecular complexity index is 959. The molecule has 0 atom stereocenters. The zero-order chi connectivity index (χ0) is 21.3. The largest absolute Gasteiger partial charge is 0.493 e. The Morgan fingerprint density at radius 1 is 0.533 bits per heavy atom. The van der Waals surface area contributed by atoms with Crippen molar-refractivity contribution in [2.24, 2.45) is 9.98 Å². The van der Waals surface area contributed by atoms with E-state index in [1.54, 1.807) is 40.9 Å². The number of ether oxygens (including phenoxy) is 4. The molecule has 154 valence electrons. The molecule has 0 aliphatic heterocycles. The van der Waals surface area contributed by atoms with E-state index in [-0.39, 0.29) is 0 Å². The summed E-state index contributed by atoms with van der Waals surface area (Å²) in [4.78, 5) is 9.04. The van der Waals surface area contributed by atoms with Gasteiger partial charge in [0.1, 0.15) is 0 Å². The van der Waals surface area contributed by atoms with E-state index < -0.39 is 0 Å². The van der Waals surface area contributed by atoms with Gasteiger partial charge in [-0.25, -0.2) is 0 Å². The minimum atomic E-state index is 0.650. The van der Waals surface area contributed by atoms with Gasteiger partial charge in [-0.2, -0.15) is 0 Å². The molecular weight excluding hydrogens is 380 g/mol. The summed E-state index contributed by atoms with van der Waals surface area (Å²) in [6.45, 7) is 0. The molecule has 0 unspecified atom stereocenters. The topological polar surface area (TPSA) is 61.6 Å². The van der Waals surface area contributed by atoms with Crippen molar-refractivity contribution in [3.05, 3.63) is 71.8 Å². The van der Waals surface area contributed by atoms with Crippen molar-refractivity contribution in [3.63, 3.8) is 0 Å². The minimum absolute atomic E-state index is 0.650. The lowest BCUT2D eigenvalue weighted by atomic mass is 10.2.